The first-order valence-corrected chi connectivity index (χ1v) is 7.83. The summed E-state index contributed by atoms with van der Waals surface area (Å²) in [6.45, 7) is 4.00. The molecule has 0 heterocycles. The minimum atomic E-state index is -10.7. The van der Waals surface area contributed by atoms with E-state index in [0.717, 1.165) is 6.42 Å². The van der Waals surface area contributed by atoms with Gasteiger partial charge in [-0.05, 0) is 0 Å². The SMILES string of the molecule is C[CH-]C.F[P-](F)(F)(F)(F)F.[C-]1=CC=CC1.[Fe+3].[c-]1ccccc1. The van der Waals surface area contributed by atoms with Gasteiger partial charge in [0.25, 0.3) is 0 Å². The van der Waals surface area contributed by atoms with Gasteiger partial charge in [-0.1, -0.05) is 0 Å². The third kappa shape index (κ3) is 61.1. The van der Waals surface area contributed by atoms with E-state index in [-0.39, 0.29) is 17.1 Å². The predicted octanol–water partition coefficient (Wildman–Crippen LogP) is 7.40. The van der Waals surface area contributed by atoms with Crippen molar-refractivity contribution in [3.63, 3.8) is 0 Å². The van der Waals surface area contributed by atoms with Crippen molar-refractivity contribution >= 4 is 7.81 Å². The molecule has 0 bridgehead atoms. The summed E-state index contributed by atoms with van der Waals surface area (Å²) in [5.41, 5.74) is 0. The van der Waals surface area contributed by atoms with Crippen LogP contribution in [0.3, 0.4) is 0 Å². The van der Waals surface area contributed by atoms with Crippen molar-refractivity contribution in [1.82, 2.24) is 0 Å². The second-order valence-corrected chi connectivity index (χ2v) is 5.53. The molecule has 1 aliphatic carbocycles. The third-order valence-electron chi connectivity index (χ3n) is 1.19. The maximum atomic E-state index is 9.87. The normalized spacial score (nSPS) is 14.4. The van der Waals surface area contributed by atoms with Gasteiger partial charge in [-0.25, -0.2) is 12.2 Å². The molecule has 129 valence electrons. The molecular weight excluding hydrogens is 369 g/mol. The Morgan fingerprint density at radius 3 is 1.41 bits per heavy atom. The van der Waals surface area contributed by atoms with E-state index in [1.165, 1.54) is 0 Å². The Balaban J connectivity index is -0.000000223. The molecule has 0 amide bonds. The second-order valence-electron chi connectivity index (χ2n) is 3.62. The van der Waals surface area contributed by atoms with Crippen LogP contribution < -0.4 is 0 Å². The number of hydrogen-bond donors (Lipinski definition) is 0. The van der Waals surface area contributed by atoms with Gasteiger partial charge in [0.15, 0.2) is 0 Å². The molecule has 1 radical (unpaired) electrons. The number of rotatable bonds is 0. The van der Waals surface area contributed by atoms with E-state index in [2.05, 4.69) is 18.2 Å². The van der Waals surface area contributed by atoms with Gasteiger partial charge in [-0.2, -0.15) is 56.3 Å². The monoisotopic (exact) mass is 386 g/mol. The minimum absolute atomic E-state index is 0. The predicted molar refractivity (Wildman–Crippen MR) is 76.1 cm³/mol. The third-order valence-corrected chi connectivity index (χ3v) is 1.19. The summed E-state index contributed by atoms with van der Waals surface area (Å²) in [5.74, 6) is 0. The molecule has 0 saturated heterocycles. The summed E-state index contributed by atoms with van der Waals surface area (Å²) in [6, 6.07) is 12.5. The molecule has 2 rings (SSSR count). The maximum Gasteiger partial charge on any atom is 3.00 e. The summed E-state index contributed by atoms with van der Waals surface area (Å²) in [4.78, 5) is 0. The molecule has 0 saturated carbocycles. The molecule has 1 aromatic rings. The second kappa shape index (κ2) is 10.9. The average molecular weight is 386 g/mol. The van der Waals surface area contributed by atoms with E-state index in [4.69, 9.17) is 0 Å². The van der Waals surface area contributed by atoms with Gasteiger partial charge in [0, 0.05) is 0 Å². The van der Waals surface area contributed by atoms with Gasteiger partial charge in [-0.3, -0.25) is 6.08 Å². The molecule has 0 spiro atoms. The smallest absolute Gasteiger partial charge is 0.273 e. The summed E-state index contributed by atoms with van der Waals surface area (Å²) in [7, 11) is -10.7. The average Bonchev–Trinajstić information content (AvgIpc) is 2.86. The molecule has 0 atom stereocenters. The van der Waals surface area contributed by atoms with Crippen molar-refractivity contribution < 1.29 is 42.3 Å². The molecule has 22 heavy (non-hydrogen) atoms. The van der Waals surface area contributed by atoms with E-state index in [1.807, 2.05) is 62.8 Å². The van der Waals surface area contributed by atoms with Crippen molar-refractivity contribution in [2.75, 3.05) is 0 Å². The summed E-state index contributed by atoms with van der Waals surface area (Å²) < 4.78 is 59.2. The van der Waals surface area contributed by atoms with Crippen LogP contribution in [0.1, 0.15) is 20.3 Å². The first kappa shape index (κ1) is 26.1. The topological polar surface area (TPSA) is 0 Å². The fourth-order valence-electron chi connectivity index (χ4n) is 0.682. The van der Waals surface area contributed by atoms with Crippen molar-refractivity contribution in [2.24, 2.45) is 0 Å². The van der Waals surface area contributed by atoms with Crippen LogP contribution in [0.5, 0.6) is 0 Å². The molecule has 0 N–H and O–H groups in total. The molecule has 8 heteroatoms. The number of hydrogen-bond acceptors (Lipinski definition) is 0. The van der Waals surface area contributed by atoms with E-state index >= 15 is 0 Å². The summed E-state index contributed by atoms with van der Waals surface area (Å²) in [6.07, 6.45) is 12.0. The first-order valence-electron chi connectivity index (χ1n) is 5.80. The van der Waals surface area contributed by atoms with Crippen molar-refractivity contribution in [2.45, 2.75) is 20.3 Å². The molecular formula is C14H17F6FeP-. The van der Waals surface area contributed by atoms with Gasteiger partial charge in [0.05, 0.1) is 0 Å². The number of allylic oxidation sites excluding steroid dienone is 4. The van der Waals surface area contributed by atoms with Gasteiger partial charge in [0.1, 0.15) is 0 Å². The van der Waals surface area contributed by atoms with E-state index in [1.54, 1.807) is 0 Å². The molecule has 0 aromatic heterocycles. The Bertz CT molecular complexity index is 363. The molecule has 0 nitrogen and oxygen atoms in total. The van der Waals surface area contributed by atoms with E-state index < -0.39 is 7.81 Å². The number of benzene rings is 1. The maximum absolute atomic E-state index is 10.7. The van der Waals surface area contributed by atoms with Crippen LogP contribution in [0.15, 0.2) is 48.6 Å². The van der Waals surface area contributed by atoms with Crippen LogP contribution >= 0.6 is 7.81 Å². The van der Waals surface area contributed by atoms with Crippen LogP contribution in [-0.4, -0.2) is 0 Å². The summed E-state index contributed by atoms with van der Waals surface area (Å²) >= 11 is 0. The van der Waals surface area contributed by atoms with Gasteiger partial charge in [0.2, 0.25) is 0 Å². The zero-order valence-electron chi connectivity index (χ0n) is 12.0. The molecule has 0 unspecified atom stereocenters. The molecule has 1 aliphatic rings. The fraction of sp³-hybridized carbons (Fsp3) is 0.214. The Hall–Kier alpha value is -0.771. The zero-order chi connectivity index (χ0) is 16.9. The quantitative estimate of drug-likeness (QED) is 0.189. The molecule has 0 aliphatic heterocycles. The molecule has 0 fully saturated rings. The largest absolute Gasteiger partial charge is 3.00 e. The molecule has 1 aromatic carbocycles. The standard InChI is InChI=1S/C6H5.C5H5.C3H7.F6P.Fe/c1-2-4-6-5-3-1;1-2-4-5-3-1;1-3-2;1-7(2,3,4,5)6;/h1-5H;1-3H,4H2;3H,1-2H3;;/q4*-1;+3. The van der Waals surface area contributed by atoms with Crippen LogP contribution in [0, 0.1) is 18.6 Å². The van der Waals surface area contributed by atoms with Crippen molar-refractivity contribution in [3.05, 3.63) is 67.1 Å². The van der Waals surface area contributed by atoms with Crippen LogP contribution in [0.25, 0.3) is 0 Å². The Kier molecular flexibility index (Phi) is 12.9. The van der Waals surface area contributed by atoms with E-state index in [9.17, 15) is 25.2 Å². The Morgan fingerprint density at radius 1 is 0.909 bits per heavy atom. The van der Waals surface area contributed by atoms with E-state index in [0.29, 0.717) is 0 Å². The van der Waals surface area contributed by atoms with Gasteiger partial charge < -0.3 is 6.42 Å². The van der Waals surface area contributed by atoms with Gasteiger partial charge in [-0.15, -0.1) is 6.42 Å². The Morgan fingerprint density at radius 2 is 1.32 bits per heavy atom. The Labute approximate surface area is 138 Å². The van der Waals surface area contributed by atoms with Crippen LogP contribution in [-0.2, 0) is 17.1 Å². The minimum Gasteiger partial charge on any atom is -0.273 e. The van der Waals surface area contributed by atoms with Gasteiger partial charge >= 0.3 is 50.1 Å². The number of halogens is 6. The zero-order valence-corrected chi connectivity index (χ0v) is 14.0. The van der Waals surface area contributed by atoms with Crippen LogP contribution in [0.4, 0.5) is 25.2 Å². The first-order chi connectivity index (χ1) is 9.36. The fourth-order valence-corrected chi connectivity index (χ4v) is 0.682. The van der Waals surface area contributed by atoms with Crippen molar-refractivity contribution in [1.29, 1.82) is 0 Å². The summed E-state index contributed by atoms with van der Waals surface area (Å²) in [5, 5.41) is 0. The van der Waals surface area contributed by atoms with Crippen molar-refractivity contribution in [3.8, 4) is 0 Å². The van der Waals surface area contributed by atoms with Crippen LogP contribution in [0.2, 0.25) is 0 Å².